The van der Waals surface area contributed by atoms with Gasteiger partial charge in [-0.3, -0.25) is 4.90 Å². The number of hydrogen-bond acceptors (Lipinski definition) is 5. The summed E-state index contributed by atoms with van der Waals surface area (Å²) in [5.41, 5.74) is 2.45. The molecule has 0 saturated heterocycles. The molecule has 0 aromatic heterocycles. The SMILES string of the molecule is CC(C)O.O[C@@H](CN(C[C@H](O)c1ccccc1)C[C@H](O)c1ccccc1)c1ccccc1.[Ti]. The van der Waals surface area contributed by atoms with E-state index in [1.807, 2.05) is 95.9 Å². The molecule has 4 N–H and O–H groups in total. The Kier molecular flexibility index (Phi) is 14.1. The molecule has 3 aromatic rings. The zero-order valence-electron chi connectivity index (χ0n) is 19.3. The maximum Gasteiger partial charge on any atom is 0.0916 e. The molecule has 0 spiro atoms. The molecule has 0 unspecified atom stereocenters. The smallest absolute Gasteiger partial charge is 0.0916 e. The summed E-state index contributed by atoms with van der Waals surface area (Å²) >= 11 is 0. The van der Waals surface area contributed by atoms with E-state index in [1.54, 1.807) is 13.8 Å². The summed E-state index contributed by atoms with van der Waals surface area (Å²) in [6.07, 6.45) is -2.27. The van der Waals surface area contributed by atoms with E-state index in [0.29, 0.717) is 19.6 Å². The number of aliphatic hydroxyl groups excluding tert-OH is 4. The Morgan fingerprint density at radius 1 is 0.515 bits per heavy atom. The molecule has 3 rings (SSSR count). The summed E-state index contributed by atoms with van der Waals surface area (Å²) in [5, 5.41) is 40.0. The normalized spacial score (nSPS) is 13.5. The third kappa shape index (κ3) is 11.2. The van der Waals surface area contributed by atoms with Gasteiger partial charge in [-0.15, -0.1) is 0 Å². The van der Waals surface area contributed by atoms with Crippen LogP contribution in [0.5, 0.6) is 0 Å². The van der Waals surface area contributed by atoms with Crippen molar-refractivity contribution in [1.29, 1.82) is 0 Å². The van der Waals surface area contributed by atoms with Gasteiger partial charge in [0.25, 0.3) is 0 Å². The van der Waals surface area contributed by atoms with Crippen molar-refractivity contribution in [2.45, 2.75) is 38.3 Å². The summed E-state index contributed by atoms with van der Waals surface area (Å²) in [7, 11) is 0. The zero-order chi connectivity index (χ0) is 23.3. The Morgan fingerprint density at radius 3 is 0.939 bits per heavy atom. The first-order valence-corrected chi connectivity index (χ1v) is 11.0. The molecule has 0 aliphatic carbocycles. The number of rotatable bonds is 9. The Labute approximate surface area is 212 Å². The maximum atomic E-state index is 10.7. The van der Waals surface area contributed by atoms with E-state index < -0.39 is 18.3 Å². The van der Waals surface area contributed by atoms with Gasteiger partial charge in [-0.05, 0) is 30.5 Å². The molecule has 3 atom stereocenters. The van der Waals surface area contributed by atoms with E-state index in [2.05, 4.69) is 0 Å². The van der Waals surface area contributed by atoms with Gasteiger partial charge in [0.1, 0.15) is 0 Å². The minimum Gasteiger partial charge on any atom is -0.394 e. The molecule has 0 amide bonds. The molecule has 0 aliphatic heterocycles. The van der Waals surface area contributed by atoms with Crippen molar-refractivity contribution < 1.29 is 42.1 Å². The third-order valence-corrected chi connectivity index (χ3v) is 4.85. The van der Waals surface area contributed by atoms with Crippen LogP contribution in [0.3, 0.4) is 0 Å². The van der Waals surface area contributed by atoms with Gasteiger partial charge < -0.3 is 20.4 Å². The second-order valence-electron chi connectivity index (χ2n) is 8.09. The zero-order valence-corrected chi connectivity index (χ0v) is 20.9. The van der Waals surface area contributed by atoms with Crippen LogP contribution in [0.15, 0.2) is 91.0 Å². The van der Waals surface area contributed by atoms with Crippen LogP contribution in [0, 0.1) is 0 Å². The van der Waals surface area contributed by atoms with E-state index in [-0.39, 0.29) is 27.8 Å². The van der Waals surface area contributed by atoms with E-state index in [9.17, 15) is 15.3 Å². The molecule has 6 heteroatoms. The average Bonchev–Trinajstić information content (AvgIpc) is 2.80. The predicted octanol–water partition coefficient (Wildman–Crippen LogP) is 3.87. The Balaban J connectivity index is 0.00000101. The largest absolute Gasteiger partial charge is 0.394 e. The van der Waals surface area contributed by atoms with Crippen LogP contribution in [-0.2, 0) is 21.7 Å². The van der Waals surface area contributed by atoms with Gasteiger partial charge in [-0.25, -0.2) is 0 Å². The molecule has 0 bridgehead atoms. The van der Waals surface area contributed by atoms with Gasteiger partial charge in [-0.1, -0.05) is 91.0 Å². The fourth-order valence-corrected chi connectivity index (χ4v) is 3.30. The first kappa shape index (κ1) is 29.2. The van der Waals surface area contributed by atoms with Gasteiger partial charge in [0.15, 0.2) is 0 Å². The quantitative estimate of drug-likeness (QED) is 0.346. The predicted molar refractivity (Wildman–Crippen MR) is 128 cm³/mol. The Hall–Kier alpha value is -1.83. The topological polar surface area (TPSA) is 84.2 Å². The van der Waals surface area contributed by atoms with Crippen molar-refractivity contribution in [3.05, 3.63) is 108 Å². The standard InChI is InChI=1S/C24H27NO3.C3H8O.Ti/c26-22(19-10-4-1-5-11-19)16-25(17-23(27)20-12-6-2-7-13-20)18-24(28)21-14-8-3-9-15-21;1-3(2)4;/h1-15,22-24,26-28H,16-18H2;3-4H,1-2H3;/t22-,23-,24-;;/m0../s1. The molecule has 0 radical (unpaired) electrons. The maximum absolute atomic E-state index is 10.7. The molecule has 33 heavy (non-hydrogen) atoms. The first-order valence-electron chi connectivity index (χ1n) is 11.0. The molecular formula is C27H35NO4Ti. The fourth-order valence-electron chi connectivity index (χ4n) is 3.30. The van der Waals surface area contributed by atoms with Gasteiger partial charge in [0, 0.05) is 47.5 Å². The van der Waals surface area contributed by atoms with Crippen molar-refractivity contribution >= 4 is 0 Å². The van der Waals surface area contributed by atoms with Crippen LogP contribution < -0.4 is 0 Å². The minimum absolute atomic E-state index is 0. The monoisotopic (exact) mass is 485 g/mol. The van der Waals surface area contributed by atoms with E-state index in [4.69, 9.17) is 5.11 Å². The number of nitrogens with zero attached hydrogens (tertiary/aromatic N) is 1. The molecule has 0 heterocycles. The second kappa shape index (κ2) is 15.9. The van der Waals surface area contributed by atoms with Gasteiger partial charge in [-0.2, -0.15) is 0 Å². The van der Waals surface area contributed by atoms with Crippen molar-refractivity contribution in [3.63, 3.8) is 0 Å². The van der Waals surface area contributed by atoms with Crippen molar-refractivity contribution in [1.82, 2.24) is 4.90 Å². The van der Waals surface area contributed by atoms with Gasteiger partial charge in [0.05, 0.1) is 18.3 Å². The molecule has 0 fully saturated rings. The third-order valence-electron chi connectivity index (χ3n) is 4.85. The summed E-state index contributed by atoms with van der Waals surface area (Å²) < 4.78 is 0. The summed E-state index contributed by atoms with van der Waals surface area (Å²) in [6.45, 7) is 4.40. The van der Waals surface area contributed by atoms with Crippen molar-refractivity contribution in [2.24, 2.45) is 0 Å². The molecule has 0 aliphatic rings. The van der Waals surface area contributed by atoms with E-state index >= 15 is 0 Å². The van der Waals surface area contributed by atoms with Gasteiger partial charge in [0.2, 0.25) is 0 Å². The van der Waals surface area contributed by atoms with Crippen LogP contribution >= 0.6 is 0 Å². The Morgan fingerprint density at radius 2 is 0.727 bits per heavy atom. The summed E-state index contributed by atoms with van der Waals surface area (Å²) in [4.78, 5) is 1.91. The number of benzene rings is 3. The van der Waals surface area contributed by atoms with Crippen molar-refractivity contribution in [3.8, 4) is 0 Å². The second-order valence-corrected chi connectivity index (χ2v) is 8.09. The number of hydrogen-bond donors (Lipinski definition) is 4. The van der Waals surface area contributed by atoms with Crippen LogP contribution in [0.2, 0.25) is 0 Å². The summed E-state index contributed by atoms with van der Waals surface area (Å²) in [6, 6.07) is 28.3. The van der Waals surface area contributed by atoms with Crippen LogP contribution in [0.1, 0.15) is 48.8 Å². The Bertz CT molecular complexity index is 749. The van der Waals surface area contributed by atoms with Gasteiger partial charge >= 0.3 is 0 Å². The van der Waals surface area contributed by atoms with Crippen LogP contribution in [0.4, 0.5) is 0 Å². The average molecular weight is 485 g/mol. The molecule has 0 saturated carbocycles. The molecule has 5 nitrogen and oxygen atoms in total. The van der Waals surface area contributed by atoms with E-state index in [1.165, 1.54) is 0 Å². The minimum atomic E-state index is -0.702. The number of aliphatic hydroxyl groups is 4. The summed E-state index contributed by atoms with van der Waals surface area (Å²) in [5.74, 6) is 0. The fraction of sp³-hybridized carbons (Fsp3) is 0.333. The molecule has 176 valence electrons. The van der Waals surface area contributed by atoms with E-state index in [0.717, 1.165) is 16.7 Å². The first-order chi connectivity index (χ1) is 15.4. The van der Waals surface area contributed by atoms with Crippen LogP contribution in [-0.4, -0.2) is 51.1 Å². The molecular weight excluding hydrogens is 450 g/mol. The molecule has 3 aromatic carbocycles. The van der Waals surface area contributed by atoms with Crippen molar-refractivity contribution in [2.75, 3.05) is 19.6 Å². The van der Waals surface area contributed by atoms with Crippen LogP contribution in [0.25, 0.3) is 0 Å².